The van der Waals surface area contributed by atoms with Gasteiger partial charge in [0.15, 0.2) is 0 Å². The van der Waals surface area contributed by atoms with E-state index in [1.54, 1.807) is 0 Å². The number of carbonyl (C=O) groups excluding carboxylic acids is 2. The van der Waals surface area contributed by atoms with E-state index >= 15 is 0 Å². The summed E-state index contributed by atoms with van der Waals surface area (Å²) in [5.74, 6) is -3.64. The van der Waals surface area contributed by atoms with Crippen LogP contribution in [-0.2, 0) is 19.4 Å². The number of halogens is 14. The van der Waals surface area contributed by atoms with Gasteiger partial charge in [0.2, 0.25) is 16.3 Å². The van der Waals surface area contributed by atoms with E-state index in [2.05, 4.69) is 9.78 Å². The molecule has 0 rings (SSSR count). The van der Waals surface area contributed by atoms with Crippen LogP contribution in [0.5, 0.6) is 0 Å². The van der Waals surface area contributed by atoms with Crippen LogP contribution in [0.25, 0.3) is 0 Å². The SMILES string of the molecule is O=C(OOC(=O)C(Cl)(Cl)C(Cl)(Cl)C(Cl)(Cl)Cl)C(Cl)(Cl)C(Cl)(Cl)C(Cl)(Cl)Cl. The lowest BCUT2D eigenvalue weighted by atomic mass is 10.3. The molecular weight excluding hydrogens is 656 g/mol. The molecule has 0 bridgehead atoms. The topological polar surface area (TPSA) is 52.6 Å². The maximum absolute atomic E-state index is 11.9. The maximum atomic E-state index is 11.9. The summed E-state index contributed by atoms with van der Waals surface area (Å²) in [6.45, 7) is 0. The van der Waals surface area contributed by atoms with Crippen LogP contribution in [0.1, 0.15) is 0 Å². The monoisotopic (exact) mass is 650 g/mol. The van der Waals surface area contributed by atoms with Gasteiger partial charge in [-0.1, -0.05) is 162 Å². The molecule has 26 heavy (non-hydrogen) atoms. The van der Waals surface area contributed by atoms with E-state index in [0.717, 1.165) is 0 Å². The van der Waals surface area contributed by atoms with Gasteiger partial charge in [-0.05, 0) is 0 Å². The van der Waals surface area contributed by atoms with Crippen LogP contribution in [0.2, 0.25) is 0 Å². The van der Waals surface area contributed by atoms with Crippen molar-refractivity contribution >= 4 is 174 Å². The molecule has 4 nitrogen and oxygen atoms in total. The Morgan fingerprint density at radius 2 is 0.654 bits per heavy atom. The Labute approximate surface area is 216 Å². The fourth-order valence-electron chi connectivity index (χ4n) is 0.793. The Bertz CT molecular complexity index is 508. The number of alkyl halides is 14. The van der Waals surface area contributed by atoms with Crippen LogP contribution < -0.4 is 0 Å². The lowest BCUT2D eigenvalue weighted by Crippen LogP contribution is -2.54. The van der Waals surface area contributed by atoms with Gasteiger partial charge in [-0.2, -0.15) is 0 Å². The Morgan fingerprint density at radius 3 is 0.808 bits per heavy atom. The van der Waals surface area contributed by atoms with E-state index in [1.165, 1.54) is 0 Å². The van der Waals surface area contributed by atoms with Gasteiger partial charge in [0.25, 0.3) is 8.67 Å². The highest BCUT2D eigenvalue weighted by atomic mass is 35.6. The molecule has 0 aromatic carbocycles. The van der Waals surface area contributed by atoms with Gasteiger partial charge in [0.05, 0.1) is 0 Å². The molecule has 0 aliphatic heterocycles. The number of hydrogen-bond donors (Lipinski definition) is 0. The zero-order chi connectivity index (χ0) is 21.6. The highest BCUT2D eigenvalue weighted by Gasteiger charge is 2.67. The zero-order valence-corrected chi connectivity index (χ0v) is 21.5. The molecule has 0 fully saturated rings. The van der Waals surface area contributed by atoms with Crippen LogP contribution in [-0.4, -0.2) is 36.9 Å². The predicted molar refractivity (Wildman–Crippen MR) is 111 cm³/mol. The van der Waals surface area contributed by atoms with Gasteiger partial charge in [-0.15, -0.1) is 0 Å². The van der Waals surface area contributed by atoms with Gasteiger partial charge in [0, 0.05) is 0 Å². The molecule has 0 amide bonds. The van der Waals surface area contributed by atoms with Crippen molar-refractivity contribution in [1.82, 2.24) is 0 Å². The van der Waals surface area contributed by atoms with Crippen LogP contribution in [0.4, 0.5) is 0 Å². The summed E-state index contributed by atoms with van der Waals surface area (Å²) >= 11 is 77.9. The molecular formula is C8Cl14O4. The summed E-state index contributed by atoms with van der Waals surface area (Å²) in [5, 5.41) is 0. The first-order valence-electron chi connectivity index (χ1n) is 5.13. The molecule has 0 saturated carbocycles. The summed E-state index contributed by atoms with van der Waals surface area (Å²) in [6.07, 6.45) is 0. The largest absolute Gasteiger partial charge is 0.394 e. The number of rotatable bonds is 4. The van der Waals surface area contributed by atoms with Crippen molar-refractivity contribution in [2.75, 3.05) is 0 Å². The van der Waals surface area contributed by atoms with Gasteiger partial charge < -0.3 is 0 Å². The van der Waals surface area contributed by atoms with Crippen molar-refractivity contribution in [3.63, 3.8) is 0 Å². The fourth-order valence-corrected chi connectivity index (χ4v) is 3.23. The highest BCUT2D eigenvalue weighted by molar-refractivity contribution is 6.81. The lowest BCUT2D eigenvalue weighted by Gasteiger charge is -2.36. The van der Waals surface area contributed by atoms with E-state index in [1.807, 2.05) is 0 Å². The van der Waals surface area contributed by atoms with E-state index in [0.29, 0.717) is 0 Å². The second-order valence-electron chi connectivity index (χ2n) is 4.03. The number of carbonyl (C=O) groups is 2. The van der Waals surface area contributed by atoms with Crippen molar-refractivity contribution in [3.05, 3.63) is 0 Å². The van der Waals surface area contributed by atoms with Crippen molar-refractivity contribution in [2.24, 2.45) is 0 Å². The van der Waals surface area contributed by atoms with E-state index < -0.39 is 36.9 Å². The second kappa shape index (κ2) is 9.24. The van der Waals surface area contributed by atoms with Crippen molar-refractivity contribution in [2.45, 2.75) is 24.9 Å². The first-order valence-corrected chi connectivity index (χ1v) is 10.4. The lowest BCUT2D eigenvalue weighted by molar-refractivity contribution is -0.260. The standard InChI is InChI=1S/C8Cl14O4/c9-3(10,5(13,14)7(17,18)19)1(23)25-26-2(24)4(11,12)6(15,16)8(20,21)22. The van der Waals surface area contributed by atoms with Crippen LogP contribution in [0, 0.1) is 0 Å². The average Bonchev–Trinajstić information content (AvgIpc) is 2.40. The van der Waals surface area contributed by atoms with Crippen molar-refractivity contribution in [1.29, 1.82) is 0 Å². The summed E-state index contributed by atoms with van der Waals surface area (Å²) in [5.41, 5.74) is 0. The van der Waals surface area contributed by atoms with Gasteiger partial charge in [-0.3, -0.25) is 0 Å². The number of hydrogen-bond acceptors (Lipinski definition) is 4. The molecule has 0 N–H and O–H groups in total. The maximum Gasteiger partial charge on any atom is 0.394 e. The first-order chi connectivity index (χ1) is 11.0. The molecule has 0 spiro atoms. The third kappa shape index (κ3) is 5.82. The van der Waals surface area contributed by atoms with E-state index in [-0.39, 0.29) is 0 Å². The fraction of sp³-hybridized carbons (Fsp3) is 0.750. The minimum atomic E-state index is -2.98. The van der Waals surface area contributed by atoms with Crippen LogP contribution >= 0.6 is 162 Å². The molecule has 0 aliphatic rings. The van der Waals surface area contributed by atoms with Gasteiger partial charge >= 0.3 is 11.9 Å². The average molecular weight is 656 g/mol. The molecule has 0 atom stereocenters. The molecule has 0 aliphatic carbocycles. The highest BCUT2D eigenvalue weighted by Crippen LogP contribution is 2.58. The second-order valence-corrected chi connectivity index (χ2v) is 13.9. The summed E-state index contributed by atoms with van der Waals surface area (Å²) in [4.78, 5) is 31.9. The Morgan fingerprint density at radius 1 is 0.462 bits per heavy atom. The summed E-state index contributed by atoms with van der Waals surface area (Å²) in [7, 11) is 0. The Kier molecular flexibility index (Phi) is 10.3. The molecule has 0 saturated heterocycles. The zero-order valence-electron chi connectivity index (χ0n) is 10.9. The molecule has 0 heterocycles. The Balaban J connectivity index is 5.38. The smallest absolute Gasteiger partial charge is 0.244 e. The quantitative estimate of drug-likeness (QED) is 0.180. The molecule has 0 aromatic heterocycles. The first kappa shape index (κ1) is 29.0. The van der Waals surface area contributed by atoms with Crippen molar-refractivity contribution < 1.29 is 19.4 Å². The van der Waals surface area contributed by atoms with E-state index in [4.69, 9.17) is 162 Å². The minimum Gasteiger partial charge on any atom is -0.244 e. The van der Waals surface area contributed by atoms with Crippen LogP contribution in [0.3, 0.4) is 0 Å². The normalized spacial score (nSPS) is 14.8. The molecule has 154 valence electrons. The minimum absolute atomic E-state index is 1.82. The van der Waals surface area contributed by atoms with Gasteiger partial charge in [-0.25, -0.2) is 19.4 Å². The third-order valence-corrected chi connectivity index (χ3v) is 9.86. The van der Waals surface area contributed by atoms with Crippen LogP contribution in [0.15, 0.2) is 0 Å². The third-order valence-electron chi connectivity index (χ3n) is 2.21. The molecule has 0 aromatic rings. The van der Waals surface area contributed by atoms with Gasteiger partial charge in [0.1, 0.15) is 0 Å². The molecule has 0 radical (unpaired) electrons. The molecule has 0 unspecified atom stereocenters. The summed E-state index contributed by atoms with van der Waals surface area (Å²) < 4.78 is -16.7. The Hall–Kier alpha value is 3.00. The summed E-state index contributed by atoms with van der Waals surface area (Å²) in [6, 6.07) is 0. The van der Waals surface area contributed by atoms with Crippen molar-refractivity contribution in [3.8, 4) is 0 Å². The predicted octanol–water partition coefficient (Wildman–Crippen LogP) is 7.42. The molecule has 18 heteroatoms. The van der Waals surface area contributed by atoms with E-state index in [9.17, 15) is 9.59 Å².